The number of ether oxygens (including phenoxy) is 1. The molecule has 0 aliphatic rings. The molecule has 0 amide bonds. The summed E-state index contributed by atoms with van der Waals surface area (Å²) in [5.41, 5.74) is 0. The Bertz CT molecular complexity index is 408. The zero-order valence-electron chi connectivity index (χ0n) is 9.27. The molecule has 0 aliphatic carbocycles. The van der Waals surface area contributed by atoms with E-state index in [1.54, 1.807) is 11.5 Å². The minimum Gasteiger partial charge on any atom is -0.467 e. The van der Waals surface area contributed by atoms with Crippen molar-refractivity contribution in [2.24, 2.45) is 5.92 Å². The standard InChI is InChI=1S/C9H15N3O2S/c1-5(2)7(8(13)14-4)12-6(3)10-11-9(12)15/h5,7H,1-4H3,(H,11,15). The molecule has 0 saturated carbocycles. The monoisotopic (exact) mass is 229 g/mol. The van der Waals surface area contributed by atoms with E-state index in [0.717, 1.165) is 0 Å². The molecular formula is C9H15N3O2S. The maximum Gasteiger partial charge on any atom is 0.329 e. The highest BCUT2D eigenvalue weighted by Crippen LogP contribution is 2.20. The van der Waals surface area contributed by atoms with E-state index in [-0.39, 0.29) is 11.9 Å². The third-order valence-corrected chi connectivity index (χ3v) is 2.52. The summed E-state index contributed by atoms with van der Waals surface area (Å²) in [6.45, 7) is 5.68. The van der Waals surface area contributed by atoms with Crippen LogP contribution in [0.5, 0.6) is 0 Å². The first-order valence-corrected chi connectivity index (χ1v) is 5.11. The van der Waals surface area contributed by atoms with Crippen LogP contribution in [-0.4, -0.2) is 27.8 Å². The lowest BCUT2D eigenvalue weighted by molar-refractivity contribution is -0.146. The lowest BCUT2D eigenvalue weighted by Crippen LogP contribution is -2.26. The molecule has 84 valence electrons. The van der Waals surface area contributed by atoms with E-state index in [2.05, 4.69) is 10.2 Å². The number of carbonyl (C=O) groups is 1. The molecule has 1 N–H and O–H groups in total. The molecule has 15 heavy (non-hydrogen) atoms. The summed E-state index contributed by atoms with van der Waals surface area (Å²) in [6, 6.07) is -0.416. The van der Waals surface area contributed by atoms with E-state index in [1.165, 1.54) is 7.11 Å². The number of H-pyrrole nitrogens is 1. The van der Waals surface area contributed by atoms with Crippen LogP contribution in [0.15, 0.2) is 0 Å². The van der Waals surface area contributed by atoms with Gasteiger partial charge in [0.15, 0.2) is 4.77 Å². The SMILES string of the molecule is COC(=O)C(C(C)C)n1c(C)n[nH]c1=S. The van der Waals surface area contributed by atoms with Crippen molar-refractivity contribution >= 4 is 18.2 Å². The van der Waals surface area contributed by atoms with Crippen molar-refractivity contribution in [1.82, 2.24) is 14.8 Å². The first-order valence-electron chi connectivity index (χ1n) is 4.70. The summed E-state index contributed by atoms with van der Waals surface area (Å²) in [4.78, 5) is 11.6. The molecule has 0 fully saturated rings. The number of methoxy groups -OCH3 is 1. The summed E-state index contributed by atoms with van der Waals surface area (Å²) in [7, 11) is 1.37. The number of esters is 1. The van der Waals surface area contributed by atoms with Gasteiger partial charge in [-0.2, -0.15) is 5.10 Å². The third-order valence-electron chi connectivity index (χ3n) is 2.23. The minimum atomic E-state index is -0.416. The van der Waals surface area contributed by atoms with Gasteiger partial charge in [0.1, 0.15) is 11.9 Å². The molecule has 6 heteroatoms. The maximum absolute atomic E-state index is 11.6. The highest BCUT2D eigenvalue weighted by Gasteiger charge is 2.27. The fourth-order valence-electron chi connectivity index (χ4n) is 1.51. The summed E-state index contributed by atoms with van der Waals surface area (Å²) in [5.74, 6) is 0.482. The maximum atomic E-state index is 11.6. The summed E-state index contributed by atoms with van der Waals surface area (Å²) >= 11 is 5.07. The molecule has 0 radical (unpaired) electrons. The number of carbonyl (C=O) groups excluding carboxylic acids is 1. The van der Waals surface area contributed by atoms with Gasteiger partial charge in [0.25, 0.3) is 0 Å². The zero-order chi connectivity index (χ0) is 11.6. The van der Waals surface area contributed by atoms with Gasteiger partial charge in [0.05, 0.1) is 7.11 Å². The van der Waals surface area contributed by atoms with Gasteiger partial charge in [0.2, 0.25) is 0 Å². The normalized spacial score (nSPS) is 12.9. The van der Waals surface area contributed by atoms with Gasteiger partial charge in [-0.15, -0.1) is 0 Å². The first-order chi connectivity index (χ1) is 6.99. The predicted molar refractivity (Wildman–Crippen MR) is 58.0 cm³/mol. The Labute approximate surface area is 93.4 Å². The minimum absolute atomic E-state index is 0.0976. The molecule has 0 spiro atoms. The molecule has 0 aromatic carbocycles. The predicted octanol–water partition coefficient (Wildman–Crippen LogP) is 1.62. The smallest absolute Gasteiger partial charge is 0.329 e. The Kier molecular flexibility index (Phi) is 3.62. The molecule has 1 unspecified atom stereocenters. The molecule has 1 aromatic heterocycles. The number of hydrogen-bond donors (Lipinski definition) is 1. The van der Waals surface area contributed by atoms with Crippen LogP contribution >= 0.6 is 12.2 Å². The summed E-state index contributed by atoms with van der Waals surface area (Å²) < 4.78 is 6.89. The quantitative estimate of drug-likeness (QED) is 0.632. The molecule has 1 rings (SSSR count). The number of rotatable bonds is 3. The van der Waals surface area contributed by atoms with Gasteiger partial charge < -0.3 is 4.74 Å². The molecule has 0 bridgehead atoms. The van der Waals surface area contributed by atoms with Gasteiger partial charge in [0, 0.05) is 0 Å². The fourth-order valence-corrected chi connectivity index (χ4v) is 1.80. The Morgan fingerprint density at radius 3 is 2.53 bits per heavy atom. The number of nitrogens with zero attached hydrogens (tertiary/aromatic N) is 2. The Morgan fingerprint density at radius 1 is 1.60 bits per heavy atom. The molecule has 1 heterocycles. The van der Waals surface area contributed by atoms with Crippen LogP contribution in [-0.2, 0) is 9.53 Å². The van der Waals surface area contributed by atoms with Crippen molar-refractivity contribution in [3.8, 4) is 0 Å². The van der Waals surface area contributed by atoms with E-state index < -0.39 is 6.04 Å². The van der Waals surface area contributed by atoms with Crippen molar-refractivity contribution in [3.63, 3.8) is 0 Å². The van der Waals surface area contributed by atoms with Crippen LogP contribution in [0.25, 0.3) is 0 Å². The number of aromatic amines is 1. The van der Waals surface area contributed by atoms with Gasteiger partial charge in [-0.1, -0.05) is 13.8 Å². The van der Waals surface area contributed by atoms with Gasteiger partial charge in [-0.25, -0.2) is 4.79 Å². The van der Waals surface area contributed by atoms with Crippen LogP contribution in [0, 0.1) is 17.6 Å². The largest absolute Gasteiger partial charge is 0.467 e. The van der Waals surface area contributed by atoms with Crippen LogP contribution in [0.4, 0.5) is 0 Å². The van der Waals surface area contributed by atoms with E-state index >= 15 is 0 Å². The summed E-state index contributed by atoms with van der Waals surface area (Å²) in [6.07, 6.45) is 0. The van der Waals surface area contributed by atoms with Gasteiger partial charge in [-0.3, -0.25) is 9.67 Å². The van der Waals surface area contributed by atoms with Crippen molar-refractivity contribution in [3.05, 3.63) is 10.6 Å². The van der Waals surface area contributed by atoms with E-state index in [4.69, 9.17) is 17.0 Å². The van der Waals surface area contributed by atoms with E-state index in [9.17, 15) is 4.79 Å². The lowest BCUT2D eigenvalue weighted by atomic mass is 10.0. The van der Waals surface area contributed by atoms with Crippen LogP contribution in [0.2, 0.25) is 0 Å². The molecular weight excluding hydrogens is 214 g/mol. The third kappa shape index (κ3) is 2.26. The Morgan fingerprint density at radius 2 is 2.20 bits per heavy atom. The zero-order valence-corrected chi connectivity index (χ0v) is 10.1. The van der Waals surface area contributed by atoms with E-state index in [0.29, 0.717) is 10.6 Å². The lowest BCUT2D eigenvalue weighted by Gasteiger charge is -2.20. The van der Waals surface area contributed by atoms with Crippen LogP contribution in [0.1, 0.15) is 25.7 Å². The Balaban J connectivity index is 3.21. The van der Waals surface area contributed by atoms with Gasteiger partial charge >= 0.3 is 5.97 Å². The molecule has 0 aliphatic heterocycles. The van der Waals surface area contributed by atoms with Crippen molar-refractivity contribution in [1.29, 1.82) is 0 Å². The number of aromatic nitrogens is 3. The summed E-state index contributed by atoms with van der Waals surface area (Å²) in [5, 5.41) is 6.63. The van der Waals surface area contributed by atoms with Gasteiger partial charge in [-0.05, 0) is 25.1 Å². The Hall–Kier alpha value is -1.17. The average molecular weight is 229 g/mol. The molecule has 1 aromatic rings. The second-order valence-corrected chi connectivity index (χ2v) is 4.04. The van der Waals surface area contributed by atoms with Crippen molar-refractivity contribution in [2.45, 2.75) is 26.8 Å². The van der Waals surface area contributed by atoms with Crippen molar-refractivity contribution in [2.75, 3.05) is 7.11 Å². The molecule has 0 saturated heterocycles. The molecule has 1 atom stereocenters. The second-order valence-electron chi connectivity index (χ2n) is 3.66. The highest BCUT2D eigenvalue weighted by atomic mass is 32.1. The second kappa shape index (κ2) is 4.57. The average Bonchev–Trinajstić information content (AvgIpc) is 2.49. The number of aryl methyl sites for hydroxylation is 1. The number of hydrogen-bond acceptors (Lipinski definition) is 4. The van der Waals surface area contributed by atoms with Crippen LogP contribution < -0.4 is 0 Å². The van der Waals surface area contributed by atoms with E-state index in [1.807, 2.05) is 13.8 Å². The van der Waals surface area contributed by atoms with Crippen LogP contribution in [0.3, 0.4) is 0 Å². The number of nitrogens with one attached hydrogen (secondary N) is 1. The first kappa shape index (κ1) is 11.9. The fraction of sp³-hybridized carbons (Fsp3) is 0.667. The highest BCUT2D eigenvalue weighted by molar-refractivity contribution is 7.71. The topological polar surface area (TPSA) is 59.9 Å². The van der Waals surface area contributed by atoms with Crippen molar-refractivity contribution < 1.29 is 9.53 Å². The molecule has 5 nitrogen and oxygen atoms in total.